The fraction of sp³-hybridized carbons (Fsp3) is 0.176. The van der Waals surface area contributed by atoms with Crippen molar-refractivity contribution in [1.29, 1.82) is 0 Å². The average molecular weight is 863 g/mol. The molecule has 8 nitrogen and oxygen atoms in total. The third-order valence-electron chi connectivity index (χ3n) is 8.86. The maximum absolute atomic E-state index is 14.5. The van der Waals surface area contributed by atoms with Crippen molar-refractivity contribution in [3.05, 3.63) is 115 Å². The Labute approximate surface area is 320 Å². The van der Waals surface area contributed by atoms with E-state index in [1.807, 2.05) is 0 Å². The van der Waals surface area contributed by atoms with Crippen molar-refractivity contribution in [2.75, 3.05) is 26.4 Å². The summed E-state index contributed by atoms with van der Waals surface area (Å²) in [6.45, 7) is 0.170. The van der Waals surface area contributed by atoms with E-state index in [4.69, 9.17) is 28.9 Å². The second kappa shape index (κ2) is 13.1. The highest BCUT2D eigenvalue weighted by molar-refractivity contribution is 7.28. The number of carbonyl (C=O) groups excluding carboxylic acids is 2. The molecule has 2 fully saturated rings. The first-order valence-corrected chi connectivity index (χ1v) is 18.9. The predicted molar refractivity (Wildman–Crippen MR) is 176 cm³/mol. The first-order chi connectivity index (χ1) is 26.7. The van der Waals surface area contributed by atoms with Crippen LogP contribution in [0.3, 0.4) is 0 Å². The lowest BCUT2D eigenvalue weighted by molar-refractivity contribution is -0.368. The van der Waals surface area contributed by atoms with Crippen molar-refractivity contribution < 1.29 is 72.4 Å². The number of nitrogens with zero attached hydrogens (tertiary/aromatic N) is 2. The molecule has 0 amide bonds. The first kappa shape index (κ1) is 37.2. The lowest BCUT2D eigenvalue weighted by Gasteiger charge is -2.42. The molecule has 2 aromatic carbocycles. The summed E-state index contributed by atoms with van der Waals surface area (Å²) in [5.41, 5.74) is -2.97. The van der Waals surface area contributed by atoms with Gasteiger partial charge in [-0.1, -0.05) is 0 Å². The Kier molecular flexibility index (Phi) is 8.67. The van der Waals surface area contributed by atoms with Crippen molar-refractivity contribution in [2.45, 2.75) is 11.6 Å². The molecule has 0 unspecified atom stereocenters. The second-order valence-corrected chi connectivity index (χ2v) is 16.1. The maximum Gasteiger partial charge on any atom is 0.276 e. The van der Waals surface area contributed by atoms with Crippen molar-refractivity contribution >= 4 is 56.9 Å². The Morgan fingerprint density at radius 1 is 0.464 bits per heavy atom. The SMILES string of the molecule is O=C(c1ccc(-c2nc3c(s2)-c2sc(-c4ccc(C(=O)c5c(F)c(F)c(F)c(F)c5F)s4)nc2C2(OCCO2)C32OCCO2)s1)c1c(F)c(F)c(F)c(F)c1F. The van der Waals surface area contributed by atoms with Gasteiger partial charge in [-0.25, -0.2) is 53.9 Å². The molecular formula is C34H12F10N2O6S4. The Balaban J connectivity index is 1.13. The van der Waals surface area contributed by atoms with Gasteiger partial charge in [-0.05, 0) is 24.3 Å². The Morgan fingerprint density at radius 2 is 0.768 bits per heavy atom. The molecule has 0 atom stereocenters. The van der Waals surface area contributed by atoms with Gasteiger partial charge in [0.05, 0.1) is 55.7 Å². The third-order valence-corrected chi connectivity index (χ3v) is 13.6. The van der Waals surface area contributed by atoms with E-state index in [9.17, 15) is 53.5 Å². The lowest BCUT2D eigenvalue weighted by atomic mass is 9.90. The number of hydrogen-bond donors (Lipinski definition) is 0. The van der Waals surface area contributed by atoms with Gasteiger partial charge in [0.1, 0.15) is 32.5 Å². The van der Waals surface area contributed by atoms with Crippen LogP contribution in [0.15, 0.2) is 24.3 Å². The zero-order chi connectivity index (χ0) is 39.6. The van der Waals surface area contributed by atoms with Gasteiger partial charge in [-0.3, -0.25) is 9.59 Å². The minimum atomic E-state index is -2.42. The molecule has 288 valence electrons. The Bertz CT molecular complexity index is 2460. The minimum Gasteiger partial charge on any atom is -0.338 e. The smallest absolute Gasteiger partial charge is 0.276 e. The van der Waals surface area contributed by atoms with E-state index >= 15 is 0 Å². The highest BCUT2D eigenvalue weighted by Crippen LogP contribution is 2.62. The number of ether oxygens (including phenoxy) is 4. The van der Waals surface area contributed by atoms with Crippen LogP contribution in [0.4, 0.5) is 43.9 Å². The summed E-state index contributed by atoms with van der Waals surface area (Å²) in [5.74, 6) is -29.8. The molecule has 6 heterocycles. The Morgan fingerprint density at radius 3 is 1.09 bits per heavy atom. The van der Waals surface area contributed by atoms with E-state index in [0.29, 0.717) is 32.4 Å². The second-order valence-electron chi connectivity index (χ2n) is 11.9. The first-order valence-electron chi connectivity index (χ1n) is 15.6. The number of halogens is 10. The molecule has 0 saturated carbocycles. The molecule has 0 bridgehead atoms. The number of aromatic nitrogens is 2. The highest BCUT2D eigenvalue weighted by Gasteiger charge is 2.69. The predicted octanol–water partition coefficient (Wildman–Crippen LogP) is 8.99. The number of fused-ring (bicyclic) bond motifs is 6. The standard InChI is InChI=1S/C34H12F10N2O6S4/c35-15-13(16(36)20(40)23(43)19(15)39)25(47)9-1-3-11(53-9)31-45-29-27(55-31)28-30(34(51-7-8-52-34)33(29)49-5-6-50-33)46-32(56-28)12-4-2-10(54-12)26(48)14-17(37)21(41)24(44)22(42)18(14)38/h1-4H,5-8H2. The Hall–Kier alpha value is -4.42. The molecule has 0 N–H and O–H groups in total. The summed E-state index contributed by atoms with van der Waals surface area (Å²) in [5, 5.41) is 0.385. The molecule has 22 heteroatoms. The van der Waals surface area contributed by atoms with Gasteiger partial charge in [0.25, 0.3) is 11.6 Å². The largest absolute Gasteiger partial charge is 0.338 e. The van der Waals surface area contributed by atoms with Gasteiger partial charge < -0.3 is 18.9 Å². The van der Waals surface area contributed by atoms with Crippen LogP contribution >= 0.6 is 45.3 Å². The molecule has 9 rings (SSSR count). The molecular weight excluding hydrogens is 851 g/mol. The highest BCUT2D eigenvalue weighted by atomic mass is 32.1. The summed E-state index contributed by atoms with van der Waals surface area (Å²) in [6.07, 6.45) is 0. The van der Waals surface area contributed by atoms with Crippen LogP contribution in [0.25, 0.3) is 29.5 Å². The van der Waals surface area contributed by atoms with E-state index in [1.54, 1.807) is 0 Å². The zero-order valence-electron chi connectivity index (χ0n) is 26.9. The van der Waals surface area contributed by atoms with Gasteiger partial charge in [0, 0.05) is 0 Å². The van der Waals surface area contributed by atoms with Crippen LogP contribution in [-0.2, 0) is 30.5 Å². The summed E-state index contributed by atoms with van der Waals surface area (Å²) >= 11 is 3.35. The van der Waals surface area contributed by atoms with E-state index in [0.717, 1.165) is 34.8 Å². The number of benzene rings is 2. The zero-order valence-corrected chi connectivity index (χ0v) is 30.2. The summed E-state index contributed by atoms with van der Waals surface area (Å²) in [4.78, 5) is 36.1. The van der Waals surface area contributed by atoms with E-state index < -0.39 is 92.4 Å². The van der Waals surface area contributed by atoms with Crippen LogP contribution in [0.2, 0.25) is 0 Å². The van der Waals surface area contributed by atoms with Gasteiger partial charge in [-0.15, -0.1) is 45.3 Å². The molecule has 56 heavy (non-hydrogen) atoms. The minimum absolute atomic E-state index is 0.0424. The number of carbonyl (C=O) groups is 2. The van der Waals surface area contributed by atoms with Crippen molar-refractivity contribution in [3.8, 4) is 29.5 Å². The van der Waals surface area contributed by atoms with E-state index in [1.165, 1.54) is 12.1 Å². The van der Waals surface area contributed by atoms with Gasteiger partial charge in [-0.2, -0.15) is 0 Å². The summed E-state index contributed by atoms with van der Waals surface area (Å²) in [6, 6.07) is 4.96. The van der Waals surface area contributed by atoms with Gasteiger partial charge in [0.15, 0.2) is 46.5 Å². The number of rotatable bonds is 6. The fourth-order valence-corrected chi connectivity index (χ4v) is 10.8. The molecule has 0 radical (unpaired) electrons. The van der Waals surface area contributed by atoms with E-state index in [-0.39, 0.29) is 67.3 Å². The average Bonchev–Trinajstić information content (AvgIpc) is 4.03. The molecule has 2 saturated heterocycles. The summed E-state index contributed by atoms with van der Waals surface area (Å²) in [7, 11) is 0. The van der Waals surface area contributed by atoms with Crippen molar-refractivity contribution in [3.63, 3.8) is 0 Å². The maximum atomic E-state index is 14.5. The molecule has 3 aliphatic rings. The quantitative estimate of drug-likeness (QED) is 0.0709. The normalized spacial score (nSPS) is 16.6. The topological polar surface area (TPSA) is 96.8 Å². The number of ketones is 2. The number of thiazole rings is 2. The number of thiophene rings is 2. The molecule has 4 aromatic heterocycles. The van der Waals surface area contributed by atoms with Crippen LogP contribution in [-0.4, -0.2) is 48.0 Å². The van der Waals surface area contributed by atoms with Crippen molar-refractivity contribution in [2.24, 2.45) is 0 Å². The number of hydrogen-bond acceptors (Lipinski definition) is 12. The van der Waals surface area contributed by atoms with Crippen LogP contribution in [0.5, 0.6) is 0 Å². The van der Waals surface area contributed by atoms with Crippen LogP contribution < -0.4 is 0 Å². The molecule has 6 aromatic rings. The lowest BCUT2D eigenvalue weighted by Crippen LogP contribution is -2.53. The van der Waals surface area contributed by atoms with Crippen molar-refractivity contribution in [1.82, 2.24) is 9.97 Å². The monoisotopic (exact) mass is 862 g/mol. The van der Waals surface area contributed by atoms with Crippen LogP contribution in [0.1, 0.15) is 41.9 Å². The molecule has 2 spiro atoms. The summed E-state index contributed by atoms with van der Waals surface area (Å²) < 4.78 is 166. The third kappa shape index (κ3) is 5.03. The van der Waals surface area contributed by atoms with Gasteiger partial charge in [0.2, 0.25) is 23.2 Å². The fourth-order valence-electron chi connectivity index (χ4n) is 6.40. The van der Waals surface area contributed by atoms with E-state index in [2.05, 4.69) is 0 Å². The molecule has 1 aliphatic carbocycles. The molecule has 2 aliphatic heterocycles. The van der Waals surface area contributed by atoms with Crippen LogP contribution in [0, 0.1) is 58.2 Å². The van der Waals surface area contributed by atoms with Gasteiger partial charge >= 0.3 is 0 Å².